The first-order valence-electron chi connectivity index (χ1n) is 4.80. The summed E-state index contributed by atoms with van der Waals surface area (Å²) in [6.07, 6.45) is 0. The number of hydrogen-bond donors (Lipinski definition) is 0. The van der Waals surface area contributed by atoms with Gasteiger partial charge in [-0.25, -0.2) is 0 Å². The van der Waals surface area contributed by atoms with Crippen LogP contribution in [-0.2, 0) is 0 Å². The summed E-state index contributed by atoms with van der Waals surface area (Å²) in [7, 11) is 0. The summed E-state index contributed by atoms with van der Waals surface area (Å²) in [5, 5.41) is 0. The summed E-state index contributed by atoms with van der Waals surface area (Å²) < 4.78 is 11.2. The third-order valence-electron chi connectivity index (χ3n) is 2.26. The van der Waals surface area contributed by atoms with Gasteiger partial charge in [-0.15, -0.1) is 0 Å². The van der Waals surface area contributed by atoms with Gasteiger partial charge < -0.3 is 0 Å². The minimum atomic E-state index is 0.553. The lowest BCUT2D eigenvalue weighted by atomic mass is 10.2. The van der Waals surface area contributed by atoms with Crippen LogP contribution < -0.4 is 0 Å². The average molecular weight is 197 g/mol. The molecular weight excluding hydrogens is 188 g/mol. The van der Waals surface area contributed by atoms with Crippen LogP contribution in [0.25, 0.3) is 22.7 Å². The van der Waals surface area contributed by atoms with E-state index in [9.17, 15) is 0 Å². The van der Waals surface area contributed by atoms with Crippen molar-refractivity contribution < 1.29 is 8.83 Å². The van der Waals surface area contributed by atoms with E-state index >= 15 is 0 Å². The van der Waals surface area contributed by atoms with Crippen LogP contribution in [0.1, 0.15) is 0 Å². The van der Waals surface area contributed by atoms with Crippen molar-refractivity contribution in [3.8, 4) is 11.5 Å². The standard InChI is InChI=1S/C13H9O2/c1-2-6-10(7-3-1)13-14-11-8-4-5-9-12(11)15-13/h1-9H/q+1. The molecule has 3 rings (SSSR count). The van der Waals surface area contributed by atoms with E-state index < -0.39 is 0 Å². The fourth-order valence-electron chi connectivity index (χ4n) is 1.53. The van der Waals surface area contributed by atoms with Gasteiger partial charge >= 0.3 is 17.1 Å². The molecule has 72 valence electrons. The van der Waals surface area contributed by atoms with Crippen molar-refractivity contribution in [3.05, 3.63) is 54.6 Å². The molecule has 0 amide bonds. The van der Waals surface area contributed by atoms with Gasteiger partial charge in [0.2, 0.25) is 0 Å². The highest BCUT2D eigenvalue weighted by atomic mass is 16.5. The lowest BCUT2D eigenvalue weighted by molar-refractivity contribution is 0.495. The van der Waals surface area contributed by atoms with Gasteiger partial charge in [0.05, 0.1) is 0 Å². The second-order valence-corrected chi connectivity index (χ2v) is 3.30. The van der Waals surface area contributed by atoms with Crippen LogP contribution in [0.5, 0.6) is 0 Å². The molecule has 0 spiro atoms. The Morgan fingerprint density at radius 2 is 1.53 bits per heavy atom. The molecule has 15 heavy (non-hydrogen) atoms. The molecule has 2 heteroatoms. The maximum absolute atomic E-state index is 5.59. The fraction of sp³-hybridized carbons (Fsp3) is 0. The first-order valence-corrected chi connectivity index (χ1v) is 4.80. The number of fused-ring (bicyclic) bond motifs is 1. The van der Waals surface area contributed by atoms with Gasteiger partial charge in [0, 0.05) is 12.1 Å². The fourth-order valence-corrected chi connectivity index (χ4v) is 1.53. The molecule has 0 saturated carbocycles. The summed E-state index contributed by atoms with van der Waals surface area (Å²) in [6, 6.07) is 17.4. The quantitative estimate of drug-likeness (QED) is 0.551. The number of benzene rings is 2. The molecule has 0 aliphatic carbocycles. The van der Waals surface area contributed by atoms with Crippen LogP contribution in [-0.4, -0.2) is 0 Å². The Morgan fingerprint density at radius 3 is 2.33 bits per heavy atom. The first kappa shape index (κ1) is 8.24. The Balaban J connectivity index is 2.21. The van der Waals surface area contributed by atoms with Crippen LogP contribution in [0.15, 0.2) is 63.4 Å². The normalized spacial score (nSPS) is 10.7. The molecule has 0 unspecified atom stereocenters. The number of rotatable bonds is 1. The van der Waals surface area contributed by atoms with Crippen LogP contribution in [0.4, 0.5) is 0 Å². The third kappa shape index (κ3) is 1.40. The zero-order chi connectivity index (χ0) is 10.1. The maximum Gasteiger partial charge on any atom is 0.532 e. The Morgan fingerprint density at radius 1 is 0.800 bits per heavy atom. The molecule has 0 saturated heterocycles. The van der Waals surface area contributed by atoms with Gasteiger partial charge in [-0.2, -0.15) is 0 Å². The molecule has 1 aromatic heterocycles. The molecule has 0 radical (unpaired) electrons. The Labute approximate surface area is 86.8 Å². The number of para-hydroxylation sites is 2. The monoisotopic (exact) mass is 197 g/mol. The van der Waals surface area contributed by atoms with Gasteiger partial charge in [-0.1, -0.05) is 30.3 Å². The van der Waals surface area contributed by atoms with Crippen molar-refractivity contribution in [2.24, 2.45) is 0 Å². The van der Waals surface area contributed by atoms with Crippen LogP contribution >= 0.6 is 0 Å². The topological polar surface area (TPSA) is 24.4 Å². The summed E-state index contributed by atoms with van der Waals surface area (Å²) in [5.41, 5.74) is 2.50. The lowest BCUT2D eigenvalue weighted by Gasteiger charge is -1.82. The highest BCUT2D eigenvalue weighted by Crippen LogP contribution is 2.26. The molecule has 0 N–H and O–H groups in total. The van der Waals surface area contributed by atoms with E-state index in [-0.39, 0.29) is 0 Å². The van der Waals surface area contributed by atoms with Crippen molar-refractivity contribution in [1.82, 2.24) is 0 Å². The van der Waals surface area contributed by atoms with Crippen LogP contribution in [0.2, 0.25) is 0 Å². The highest BCUT2D eigenvalue weighted by molar-refractivity contribution is 5.72. The molecule has 2 nitrogen and oxygen atoms in total. The molecule has 0 bridgehead atoms. The lowest BCUT2D eigenvalue weighted by Crippen LogP contribution is -1.69. The average Bonchev–Trinajstić information content (AvgIpc) is 2.74. The van der Waals surface area contributed by atoms with Gasteiger partial charge in [0.25, 0.3) is 0 Å². The largest absolute Gasteiger partial charge is 0.532 e. The van der Waals surface area contributed by atoms with E-state index in [0.717, 1.165) is 16.7 Å². The minimum Gasteiger partial charge on any atom is -0.266 e. The highest BCUT2D eigenvalue weighted by Gasteiger charge is 2.20. The van der Waals surface area contributed by atoms with Crippen molar-refractivity contribution in [2.75, 3.05) is 0 Å². The second kappa shape index (κ2) is 3.24. The van der Waals surface area contributed by atoms with E-state index in [1.54, 1.807) is 0 Å². The van der Waals surface area contributed by atoms with E-state index in [4.69, 9.17) is 8.83 Å². The first-order chi connectivity index (χ1) is 7.43. The SMILES string of the molecule is c1ccc(-c2oc3ccccc3[o+]2)cc1. The zero-order valence-corrected chi connectivity index (χ0v) is 8.01. The minimum absolute atomic E-state index is 0.553. The van der Waals surface area contributed by atoms with Gasteiger partial charge in [0.15, 0.2) is 0 Å². The molecule has 3 aromatic rings. The maximum atomic E-state index is 5.59. The molecule has 0 atom stereocenters. The molecule has 0 aliphatic heterocycles. The van der Waals surface area contributed by atoms with Crippen molar-refractivity contribution in [2.45, 2.75) is 0 Å². The van der Waals surface area contributed by atoms with E-state index in [0.29, 0.717) is 5.96 Å². The van der Waals surface area contributed by atoms with Crippen LogP contribution in [0.3, 0.4) is 0 Å². The van der Waals surface area contributed by atoms with Crippen molar-refractivity contribution in [1.29, 1.82) is 0 Å². The predicted octanol–water partition coefficient (Wildman–Crippen LogP) is 3.97. The zero-order valence-electron chi connectivity index (χ0n) is 8.01. The molecule has 0 aliphatic rings. The molecule has 2 aromatic carbocycles. The molecule has 1 heterocycles. The van der Waals surface area contributed by atoms with Gasteiger partial charge in [-0.05, 0) is 12.1 Å². The van der Waals surface area contributed by atoms with Crippen LogP contribution in [0, 0.1) is 0 Å². The second-order valence-electron chi connectivity index (χ2n) is 3.30. The number of hydrogen-bond acceptors (Lipinski definition) is 1. The summed E-state index contributed by atoms with van der Waals surface area (Å²) >= 11 is 0. The molecule has 0 fully saturated rings. The van der Waals surface area contributed by atoms with E-state index in [2.05, 4.69) is 0 Å². The van der Waals surface area contributed by atoms with Crippen molar-refractivity contribution in [3.63, 3.8) is 0 Å². The predicted molar refractivity (Wildman–Crippen MR) is 58.3 cm³/mol. The van der Waals surface area contributed by atoms with Crippen molar-refractivity contribution >= 4 is 11.2 Å². The molecular formula is C13H9O2+. The summed E-state index contributed by atoms with van der Waals surface area (Å²) in [4.78, 5) is 0. The third-order valence-corrected chi connectivity index (χ3v) is 2.26. The van der Waals surface area contributed by atoms with E-state index in [1.165, 1.54) is 0 Å². The summed E-state index contributed by atoms with van der Waals surface area (Å²) in [6.45, 7) is 0. The smallest absolute Gasteiger partial charge is 0.266 e. The van der Waals surface area contributed by atoms with Gasteiger partial charge in [-0.3, -0.25) is 8.83 Å². The summed E-state index contributed by atoms with van der Waals surface area (Å²) in [5.74, 6) is 0.553. The van der Waals surface area contributed by atoms with E-state index in [1.807, 2.05) is 54.6 Å². The van der Waals surface area contributed by atoms with Gasteiger partial charge in [0.1, 0.15) is 5.56 Å². The Hall–Kier alpha value is -2.09. The Bertz CT molecular complexity index is 549. The Kier molecular flexibility index (Phi) is 1.78.